The summed E-state index contributed by atoms with van der Waals surface area (Å²) in [5.41, 5.74) is 5.36. The van der Waals surface area contributed by atoms with E-state index in [-0.39, 0.29) is 14.2 Å². The van der Waals surface area contributed by atoms with Crippen molar-refractivity contribution in [2.75, 3.05) is 26.4 Å². The van der Waals surface area contributed by atoms with E-state index in [1.165, 1.54) is 110 Å². The molecule has 40 heavy (non-hydrogen) atoms. The lowest BCUT2D eigenvalue weighted by Gasteiger charge is -2.20. The van der Waals surface area contributed by atoms with Gasteiger partial charge in [-0.2, -0.15) is 0 Å². The largest absolute Gasteiger partial charge is 0.494 e. The fourth-order valence-electron chi connectivity index (χ4n) is 6.55. The molecule has 2 heterocycles. The van der Waals surface area contributed by atoms with Crippen molar-refractivity contribution in [1.29, 1.82) is 0 Å². The minimum absolute atomic E-state index is 0.247. The van der Waals surface area contributed by atoms with Gasteiger partial charge in [0.25, 0.3) is 0 Å². The van der Waals surface area contributed by atoms with Crippen LogP contribution in [0.3, 0.4) is 0 Å². The minimum Gasteiger partial charge on any atom is -0.405 e. The van der Waals surface area contributed by atoms with E-state index < -0.39 is 0 Å². The van der Waals surface area contributed by atoms with Crippen LogP contribution in [0.5, 0.6) is 0 Å². The summed E-state index contributed by atoms with van der Waals surface area (Å²) in [6, 6.07) is 13.8. The molecule has 4 nitrogen and oxygen atoms in total. The Kier molecular flexibility index (Phi) is 11.4. The quantitative estimate of drug-likeness (QED) is 0.108. The molecule has 0 aliphatic carbocycles. The Bertz CT molecular complexity index is 1120. The monoisotopic (exact) mass is 542 g/mol. The Morgan fingerprint density at radius 3 is 1.25 bits per heavy atom. The first-order valence-corrected chi connectivity index (χ1v) is 16.3. The molecule has 3 aromatic rings. The normalized spacial score (nSPS) is 15.8. The van der Waals surface area contributed by atoms with Gasteiger partial charge in [0, 0.05) is 0 Å². The minimum atomic E-state index is -0.247. The first-order chi connectivity index (χ1) is 19.8. The summed E-state index contributed by atoms with van der Waals surface area (Å²) >= 11 is 0. The summed E-state index contributed by atoms with van der Waals surface area (Å²) in [6.07, 6.45) is 18.0. The van der Waals surface area contributed by atoms with E-state index in [2.05, 4.69) is 50.2 Å². The van der Waals surface area contributed by atoms with Crippen LogP contribution in [0.15, 0.2) is 36.4 Å². The first kappa shape index (κ1) is 29.6. The van der Waals surface area contributed by atoms with Gasteiger partial charge in [-0.05, 0) is 69.3 Å². The van der Waals surface area contributed by atoms with Gasteiger partial charge in [-0.15, -0.1) is 0 Å². The summed E-state index contributed by atoms with van der Waals surface area (Å²) in [5, 5.41) is 5.45. The molecule has 0 radical (unpaired) electrons. The average molecular weight is 542 g/mol. The van der Waals surface area contributed by atoms with Crippen molar-refractivity contribution >= 4 is 46.7 Å². The maximum atomic E-state index is 5.92. The third-order valence-electron chi connectivity index (χ3n) is 8.74. The molecule has 5 rings (SSSR count). The number of benzene rings is 3. The molecule has 214 valence electrons. The highest BCUT2D eigenvalue weighted by molar-refractivity contribution is 6.62. The van der Waals surface area contributed by atoms with E-state index in [1.54, 1.807) is 0 Å². The van der Waals surface area contributed by atoms with Crippen LogP contribution in [0, 0.1) is 0 Å². The average Bonchev–Trinajstić information content (AvgIpc) is 3.72. The number of hydrogen-bond donors (Lipinski definition) is 0. The summed E-state index contributed by atoms with van der Waals surface area (Å²) in [5.74, 6) is 0. The van der Waals surface area contributed by atoms with Crippen LogP contribution in [0.1, 0.15) is 102 Å². The predicted molar refractivity (Wildman–Crippen MR) is 170 cm³/mol. The van der Waals surface area contributed by atoms with Crippen molar-refractivity contribution in [3.05, 3.63) is 47.5 Å². The molecule has 2 aliphatic heterocycles. The van der Waals surface area contributed by atoms with Gasteiger partial charge in [0.15, 0.2) is 0 Å². The van der Waals surface area contributed by atoms with Crippen LogP contribution >= 0.6 is 0 Å². The van der Waals surface area contributed by atoms with E-state index in [9.17, 15) is 0 Å². The van der Waals surface area contributed by atoms with E-state index >= 15 is 0 Å². The van der Waals surface area contributed by atoms with Gasteiger partial charge in [-0.25, -0.2) is 0 Å². The molecule has 0 spiro atoms. The Labute approximate surface area is 242 Å². The van der Waals surface area contributed by atoms with Gasteiger partial charge in [0.05, 0.1) is 26.4 Å². The SMILES string of the molecule is CCCCCCCCc1c(CCCCCCCC)c2cc(B3OCCO3)ccc2c2ccc(B3OCCO3)cc12. The number of hydrogen-bond acceptors (Lipinski definition) is 4. The molecule has 0 aromatic heterocycles. The van der Waals surface area contributed by atoms with Crippen molar-refractivity contribution < 1.29 is 18.6 Å². The highest BCUT2D eigenvalue weighted by atomic mass is 16.6. The smallest absolute Gasteiger partial charge is 0.405 e. The van der Waals surface area contributed by atoms with E-state index in [4.69, 9.17) is 18.6 Å². The van der Waals surface area contributed by atoms with E-state index in [0.29, 0.717) is 26.4 Å². The van der Waals surface area contributed by atoms with Gasteiger partial charge in [0.1, 0.15) is 0 Å². The molecule has 0 amide bonds. The van der Waals surface area contributed by atoms with Crippen molar-refractivity contribution in [1.82, 2.24) is 0 Å². The summed E-state index contributed by atoms with van der Waals surface area (Å²) in [4.78, 5) is 0. The standard InChI is InChI=1S/C34H48B2O4/c1-3-5-7-9-11-13-15-29-30(16-14-12-10-8-6-4-2)34-26-28(36-39-23-24-40-36)18-20-32(34)31-19-17-27(25-33(29)31)35-37-21-22-38-35/h17-20,25-26H,3-16,21-24H2,1-2H3. The zero-order chi connectivity index (χ0) is 27.6. The Morgan fingerprint density at radius 2 is 0.850 bits per heavy atom. The molecular weight excluding hydrogens is 494 g/mol. The Morgan fingerprint density at radius 1 is 0.475 bits per heavy atom. The molecule has 6 heteroatoms. The summed E-state index contributed by atoms with van der Waals surface area (Å²) in [6.45, 7) is 7.26. The van der Waals surface area contributed by atoms with Gasteiger partial charge in [0.2, 0.25) is 0 Å². The molecule has 0 saturated carbocycles. The lowest BCUT2D eigenvalue weighted by atomic mass is 9.75. The Balaban J connectivity index is 1.54. The second-order valence-corrected chi connectivity index (χ2v) is 11.7. The van der Waals surface area contributed by atoms with Gasteiger partial charge < -0.3 is 18.6 Å². The second kappa shape index (κ2) is 15.4. The number of aryl methyl sites for hydroxylation is 2. The van der Waals surface area contributed by atoms with Crippen LogP contribution < -0.4 is 10.9 Å². The van der Waals surface area contributed by atoms with Crippen molar-refractivity contribution in [3.63, 3.8) is 0 Å². The highest BCUT2D eigenvalue weighted by Crippen LogP contribution is 2.35. The summed E-state index contributed by atoms with van der Waals surface area (Å²) in [7, 11) is -0.494. The van der Waals surface area contributed by atoms with Crippen molar-refractivity contribution in [2.24, 2.45) is 0 Å². The maximum Gasteiger partial charge on any atom is 0.494 e. The topological polar surface area (TPSA) is 36.9 Å². The fourth-order valence-corrected chi connectivity index (χ4v) is 6.55. The zero-order valence-electron chi connectivity index (χ0n) is 25.0. The summed E-state index contributed by atoms with van der Waals surface area (Å²) < 4.78 is 23.7. The molecular formula is C34H48B2O4. The highest BCUT2D eigenvalue weighted by Gasteiger charge is 2.29. The molecule has 2 aliphatic rings. The number of unbranched alkanes of at least 4 members (excludes halogenated alkanes) is 10. The lowest BCUT2D eigenvalue weighted by molar-refractivity contribution is 0.365. The molecule has 2 fully saturated rings. The van der Waals surface area contributed by atoms with Crippen molar-refractivity contribution in [2.45, 2.75) is 104 Å². The van der Waals surface area contributed by atoms with Gasteiger partial charge in [-0.3, -0.25) is 0 Å². The molecule has 0 N–H and O–H groups in total. The van der Waals surface area contributed by atoms with Crippen molar-refractivity contribution in [3.8, 4) is 0 Å². The number of fused-ring (bicyclic) bond motifs is 3. The molecule has 2 saturated heterocycles. The third kappa shape index (κ3) is 7.31. The van der Waals surface area contributed by atoms with Crippen LogP contribution in [0.4, 0.5) is 0 Å². The zero-order valence-corrected chi connectivity index (χ0v) is 25.0. The van der Waals surface area contributed by atoms with Crippen LogP contribution in [-0.4, -0.2) is 40.7 Å². The third-order valence-corrected chi connectivity index (χ3v) is 8.74. The molecule has 0 unspecified atom stereocenters. The predicted octanol–water partition coefficient (Wildman–Crippen LogP) is 7.28. The Hall–Kier alpha value is -1.85. The number of rotatable bonds is 16. The maximum absolute atomic E-state index is 5.92. The van der Waals surface area contributed by atoms with Gasteiger partial charge >= 0.3 is 14.2 Å². The lowest BCUT2D eigenvalue weighted by Crippen LogP contribution is -2.32. The fraction of sp³-hybridized carbons (Fsp3) is 0.588. The van der Waals surface area contributed by atoms with E-state index in [0.717, 1.165) is 23.8 Å². The molecule has 0 bridgehead atoms. The molecule has 0 atom stereocenters. The van der Waals surface area contributed by atoms with Crippen LogP contribution in [0.25, 0.3) is 21.5 Å². The van der Waals surface area contributed by atoms with Gasteiger partial charge in [-0.1, -0.05) is 114 Å². The second-order valence-electron chi connectivity index (χ2n) is 11.7. The van der Waals surface area contributed by atoms with Crippen LogP contribution in [-0.2, 0) is 31.5 Å². The van der Waals surface area contributed by atoms with E-state index in [1.807, 2.05) is 0 Å². The molecule has 3 aromatic carbocycles. The van der Waals surface area contributed by atoms with Crippen LogP contribution in [0.2, 0.25) is 0 Å². The first-order valence-electron chi connectivity index (χ1n) is 16.3.